The zero-order valence-electron chi connectivity index (χ0n) is 10.2. The molecule has 1 atom stereocenters. The van der Waals surface area contributed by atoms with E-state index < -0.39 is 0 Å². The first-order valence-corrected chi connectivity index (χ1v) is 5.92. The molecule has 5 heteroatoms. The van der Waals surface area contributed by atoms with Crippen molar-refractivity contribution >= 4 is 5.91 Å². The molecule has 1 fully saturated rings. The van der Waals surface area contributed by atoms with E-state index in [1.165, 1.54) is 0 Å². The molecular formula is C11H22N2O3. The average molecular weight is 230 g/mol. The van der Waals surface area contributed by atoms with Gasteiger partial charge in [-0.15, -0.1) is 0 Å². The summed E-state index contributed by atoms with van der Waals surface area (Å²) in [5.41, 5.74) is 0. The molecule has 16 heavy (non-hydrogen) atoms. The van der Waals surface area contributed by atoms with E-state index in [0.717, 1.165) is 26.2 Å². The number of nitrogens with zero attached hydrogens (tertiary/aromatic N) is 1. The summed E-state index contributed by atoms with van der Waals surface area (Å²) in [6, 6.07) is 0. The van der Waals surface area contributed by atoms with Gasteiger partial charge in [0, 0.05) is 32.8 Å². The van der Waals surface area contributed by atoms with Crippen LogP contribution in [0.1, 0.15) is 13.8 Å². The van der Waals surface area contributed by atoms with Gasteiger partial charge in [0.2, 0.25) is 5.91 Å². The molecule has 1 heterocycles. The van der Waals surface area contributed by atoms with Crippen LogP contribution in [0.15, 0.2) is 0 Å². The Morgan fingerprint density at radius 3 is 2.75 bits per heavy atom. The lowest BCUT2D eigenvalue weighted by Crippen LogP contribution is -2.47. The third-order valence-corrected chi connectivity index (χ3v) is 2.52. The zero-order chi connectivity index (χ0) is 11.8. The number of rotatable bonds is 6. The SMILES string of the molecule is CCOCC(C)OCC(=O)N1CCNCC1. The van der Waals surface area contributed by atoms with Gasteiger partial charge in [-0.1, -0.05) is 0 Å². The Morgan fingerprint density at radius 2 is 2.12 bits per heavy atom. The number of piperazine rings is 1. The van der Waals surface area contributed by atoms with Crippen LogP contribution in [-0.2, 0) is 14.3 Å². The highest BCUT2D eigenvalue weighted by Gasteiger charge is 2.16. The molecule has 1 amide bonds. The molecule has 0 spiro atoms. The van der Waals surface area contributed by atoms with Gasteiger partial charge in [-0.2, -0.15) is 0 Å². The van der Waals surface area contributed by atoms with E-state index in [1.807, 2.05) is 18.7 Å². The molecule has 5 nitrogen and oxygen atoms in total. The van der Waals surface area contributed by atoms with E-state index >= 15 is 0 Å². The molecule has 1 aliphatic rings. The Morgan fingerprint density at radius 1 is 1.44 bits per heavy atom. The molecule has 1 aliphatic heterocycles. The Hall–Kier alpha value is -0.650. The maximum Gasteiger partial charge on any atom is 0.248 e. The molecule has 0 aromatic carbocycles. The normalized spacial score (nSPS) is 18.5. The van der Waals surface area contributed by atoms with Crippen LogP contribution in [0.3, 0.4) is 0 Å². The standard InChI is InChI=1S/C11H22N2O3/c1-3-15-8-10(2)16-9-11(14)13-6-4-12-5-7-13/h10,12H,3-9H2,1-2H3. The van der Waals surface area contributed by atoms with Crippen LogP contribution in [-0.4, -0.2) is 62.9 Å². The Bertz CT molecular complexity index is 205. The maximum atomic E-state index is 11.7. The third kappa shape index (κ3) is 4.92. The second-order valence-electron chi connectivity index (χ2n) is 3.91. The van der Waals surface area contributed by atoms with Gasteiger partial charge >= 0.3 is 0 Å². The first-order chi connectivity index (χ1) is 7.74. The van der Waals surface area contributed by atoms with Gasteiger partial charge in [0.1, 0.15) is 6.61 Å². The van der Waals surface area contributed by atoms with E-state index in [1.54, 1.807) is 0 Å². The molecule has 1 rings (SSSR count). The van der Waals surface area contributed by atoms with Crippen LogP contribution >= 0.6 is 0 Å². The summed E-state index contributed by atoms with van der Waals surface area (Å²) in [6.07, 6.45) is -0.0215. The monoisotopic (exact) mass is 230 g/mol. The van der Waals surface area contributed by atoms with Crippen molar-refractivity contribution in [1.29, 1.82) is 0 Å². The highest BCUT2D eigenvalue weighted by molar-refractivity contribution is 5.77. The fraction of sp³-hybridized carbons (Fsp3) is 0.909. The summed E-state index contributed by atoms with van der Waals surface area (Å²) in [7, 11) is 0. The Balaban J connectivity index is 2.13. The highest BCUT2D eigenvalue weighted by Crippen LogP contribution is 1.97. The van der Waals surface area contributed by atoms with Crippen molar-refractivity contribution in [2.45, 2.75) is 20.0 Å². The molecule has 1 unspecified atom stereocenters. The van der Waals surface area contributed by atoms with Crippen LogP contribution in [0.5, 0.6) is 0 Å². The first kappa shape index (κ1) is 13.4. The zero-order valence-corrected chi connectivity index (χ0v) is 10.2. The largest absolute Gasteiger partial charge is 0.379 e. The topological polar surface area (TPSA) is 50.8 Å². The molecule has 0 aromatic heterocycles. The molecule has 0 radical (unpaired) electrons. The second kappa shape index (κ2) is 7.60. The van der Waals surface area contributed by atoms with Crippen molar-refractivity contribution in [3.05, 3.63) is 0 Å². The average Bonchev–Trinajstić information content (AvgIpc) is 2.34. The van der Waals surface area contributed by atoms with Crippen LogP contribution in [0, 0.1) is 0 Å². The summed E-state index contributed by atoms with van der Waals surface area (Å²) >= 11 is 0. The van der Waals surface area contributed by atoms with Crippen LogP contribution < -0.4 is 5.32 Å². The molecule has 0 saturated carbocycles. The lowest BCUT2D eigenvalue weighted by Gasteiger charge is -2.27. The number of ether oxygens (including phenoxy) is 2. The molecule has 94 valence electrons. The number of hydrogen-bond donors (Lipinski definition) is 1. The lowest BCUT2D eigenvalue weighted by molar-refractivity contribution is -0.139. The Labute approximate surface area is 97.1 Å². The molecule has 1 saturated heterocycles. The number of carbonyl (C=O) groups is 1. The predicted molar refractivity (Wildman–Crippen MR) is 61.4 cm³/mol. The van der Waals surface area contributed by atoms with E-state index in [0.29, 0.717) is 13.2 Å². The summed E-state index contributed by atoms with van der Waals surface area (Å²) in [5, 5.41) is 3.21. The Kier molecular flexibility index (Phi) is 6.37. The summed E-state index contributed by atoms with van der Waals surface area (Å²) in [5.74, 6) is 0.0739. The maximum absolute atomic E-state index is 11.7. The van der Waals surface area contributed by atoms with Gasteiger partial charge in [-0.25, -0.2) is 0 Å². The van der Waals surface area contributed by atoms with Gasteiger partial charge < -0.3 is 19.7 Å². The molecule has 0 aromatic rings. The summed E-state index contributed by atoms with van der Waals surface area (Å²) < 4.78 is 10.6. The van der Waals surface area contributed by atoms with Gasteiger partial charge in [0.15, 0.2) is 0 Å². The van der Waals surface area contributed by atoms with Crippen molar-refractivity contribution in [1.82, 2.24) is 10.2 Å². The van der Waals surface area contributed by atoms with Crippen LogP contribution in [0.25, 0.3) is 0 Å². The van der Waals surface area contributed by atoms with E-state index in [9.17, 15) is 4.79 Å². The van der Waals surface area contributed by atoms with Crippen molar-refractivity contribution in [3.63, 3.8) is 0 Å². The second-order valence-corrected chi connectivity index (χ2v) is 3.91. The number of nitrogens with one attached hydrogen (secondary N) is 1. The highest BCUT2D eigenvalue weighted by atomic mass is 16.5. The third-order valence-electron chi connectivity index (χ3n) is 2.52. The minimum absolute atomic E-state index is 0.0215. The van der Waals surface area contributed by atoms with Crippen molar-refractivity contribution < 1.29 is 14.3 Å². The van der Waals surface area contributed by atoms with Gasteiger partial charge in [-0.3, -0.25) is 4.79 Å². The van der Waals surface area contributed by atoms with Crippen molar-refractivity contribution in [2.24, 2.45) is 0 Å². The quantitative estimate of drug-likeness (QED) is 0.690. The fourth-order valence-electron chi connectivity index (χ4n) is 1.55. The van der Waals surface area contributed by atoms with Gasteiger partial charge in [-0.05, 0) is 13.8 Å². The fourth-order valence-corrected chi connectivity index (χ4v) is 1.55. The number of carbonyl (C=O) groups excluding carboxylic acids is 1. The summed E-state index contributed by atoms with van der Waals surface area (Å²) in [4.78, 5) is 13.5. The lowest BCUT2D eigenvalue weighted by atomic mass is 10.3. The molecule has 0 bridgehead atoms. The minimum Gasteiger partial charge on any atom is -0.379 e. The minimum atomic E-state index is -0.0215. The van der Waals surface area contributed by atoms with Crippen LogP contribution in [0.2, 0.25) is 0 Å². The number of amides is 1. The molecule has 0 aliphatic carbocycles. The van der Waals surface area contributed by atoms with Crippen molar-refractivity contribution in [2.75, 3.05) is 46.0 Å². The summed E-state index contributed by atoms with van der Waals surface area (Å²) in [6.45, 7) is 8.56. The smallest absolute Gasteiger partial charge is 0.248 e. The van der Waals surface area contributed by atoms with Gasteiger partial charge in [0.25, 0.3) is 0 Å². The predicted octanol–water partition coefficient (Wildman–Crippen LogP) is -0.140. The van der Waals surface area contributed by atoms with Gasteiger partial charge in [0.05, 0.1) is 12.7 Å². The van der Waals surface area contributed by atoms with E-state index in [2.05, 4.69) is 5.32 Å². The van der Waals surface area contributed by atoms with Crippen LogP contribution in [0.4, 0.5) is 0 Å². The number of hydrogen-bond acceptors (Lipinski definition) is 4. The molecule has 1 N–H and O–H groups in total. The molecular weight excluding hydrogens is 208 g/mol. The van der Waals surface area contributed by atoms with E-state index in [-0.39, 0.29) is 18.6 Å². The van der Waals surface area contributed by atoms with E-state index in [4.69, 9.17) is 9.47 Å². The first-order valence-electron chi connectivity index (χ1n) is 5.92. The van der Waals surface area contributed by atoms with Crippen molar-refractivity contribution in [3.8, 4) is 0 Å².